The molecule has 0 saturated heterocycles. The number of hydrogen-bond donors (Lipinski definition) is 0. The van der Waals surface area contributed by atoms with Gasteiger partial charge in [-0.25, -0.2) is 4.98 Å². The van der Waals surface area contributed by atoms with Gasteiger partial charge < -0.3 is 4.90 Å². The lowest BCUT2D eigenvalue weighted by Crippen LogP contribution is -2.35. The van der Waals surface area contributed by atoms with Crippen LogP contribution in [-0.4, -0.2) is 23.1 Å². The molecule has 0 radical (unpaired) electrons. The van der Waals surface area contributed by atoms with E-state index in [1.807, 2.05) is 13.1 Å². The Morgan fingerprint density at radius 2 is 1.82 bits per heavy atom. The predicted octanol–water partition coefficient (Wildman–Crippen LogP) is 3.77. The first-order valence-electron chi connectivity index (χ1n) is 8.36. The van der Waals surface area contributed by atoms with Gasteiger partial charge in [0.05, 0.1) is 17.1 Å². The van der Waals surface area contributed by atoms with Crippen LogP contribution in [0.5, 0.6) is 0 Å². The molecule has 0 saturated carbocycles. The van der Waals surface area contributed by atoms with Gasteiger partial charge in [-0.15, -0.1) is 0 Å². The summed E-state index contributed by atoms with van der Waals surface area (Å²) in [4.78, 5) is 11.9. The molecule has 3 heteroatoms. The molecule has 0 amide bonds. The van der Waals surface area contributed by atoms with Gasteiger partial charge in [0.25, 0.3) is 0 Å². The van der Waals surface area contributed by atoms with E-state index in [9.17, 15) is 0 Å². The zero-order valence-corrected chi connectivity index (χ0v) is 13.7. The van der Waals surface area contributed by atoms with Gasteiger partial charge >= 0.3 is 0 Å². The molecule has 2 aliphatic heterocycles. The Bertz CT molecular complexity index is 747. The Morgan fingerprint density at radius 1 is 1.05 bits per heavy atom. The van der Waals surface area contributed by atoms with Crippen LogP contribution in [-0.2, 0) is 12.8 Å². The second kappa shape index (κ2) is 5.08. The Kier molecular flexibility index (Phi) is 3.17. The van der Waals surface area contributed by atoms with Crippen molar-refractivity contribution < 1.29 is 0 Å². The SMILES string of the molecule is Cc1cnc(C)c(-c2cc3c4c(c2C)CCCN4CCC3)n1. The van der Waals surface area contributed by atoms with Crippen molar-refractivity contribution in [3.63, 3.8) is 0 Å². The summed E-state index contributed by atoms with van der Waals surface area (Å²) in [6.45, 7) is 8.81. The number of nitrogens with zero attached hydrogens (tertiary/aromatic N) is 3. The summed E-state index contributed by atoms with van der Waals surface area (Å²) in [5.41, 5.74) is 10.4. The molecule has 0 aliphatic carbocycles. The molecule has 22 heavy (non-hydrogen) atoms. The van der Waals surface area contributed by atoms with Crippen LogP contribution in [0.25, 0.3) is 11.3 Å². The lowest BCUT2D eigenvalue weighted by atomic mass is 9.85. The summed E-state index contributed by atoms with van der Waals surface area (Å²) < 4.78 is 0. The number of hydrogen-bond acceptors (Lipinski definition) is 3. The standard InChI is InChI=1S/C19H23N3/c1-12-11-20-14(3)18(21-12)17-10-15-6-4-8-22-9-5-7-16(13(17)2)19(15)22/h10-11H,4-9H2,1-3H3. The van der Waals surface area contributed by atoms with Crippen molar-refractivity contribution in [1.82, 2.24) is 9.97 Å². The molecule has 2 aromatic rings. The normalized spacial score (nSPS) is 16.6. The fourth-order valence-electron chi connectivity index (χ4n) is 4.06. The van der Waals surface area contributed by atoms with Crippen molar-refractivity contribution in [3.8, 4) is 11.3 Å². The van der Waals surface area contributed by atoms with Crippen LogP contribution >= 0.6 is 0 Å². The molecule has 3 nitrogen and oxygen atoms in total. The van der Waals surface area contributed by atoms with Crippen molar-refractivity contribution in [2.24, 2.45) is 0 Å². The van der Waals surface area contributed by atoms with Gasteiger partial charge in [-0.3, -0.25) is 4.98 Å². The molecule has 0 spiro atoms. The molecule has 0 N–H and O–H groups in total. The van der Waals surface area contributed by atoms with Crippen LogP contribution in [0.1, 0.15) is 40.9 Å². The monoisotopic (exact) mass is 293 g/mol. The third-order valence-corrected chi connectivity index (χ3v) is 5.14. The Balaban J connectivity index is 1.97. The fourth-order valence-corrected chi connectivity index (χ4v) is 4.06. The molecule has 4 rings (SSSR count). The molecular formula is C19H23N3. The van der Waals surface area contributed by atoms with Crippen LogP contribution in [0.15, 0.2) is 12.3 Å². The van der Waals surface area contributed by atoms with E-state index in [1.54, 1.807) is 5.56 Å². The summed E-state index contributed by atoms with van der Waals surface area (Å²) in [5.74, 6) is 0. The van der Waals surface area contributed by atoms with E-state index >= 15 is 0 Å². The molecule has 0 fully saturated rings. The molecule has 114 valence electrons. The highest BCUT2D eigenvalue weighted by molar-refractivity contribution is 5.76. The lowest BCUT2D eigenvalue weighted by Gasteiger charge is -2.38. The van der Waals surface area contributed by atoms with Gasteiger partial charge in [-0.05, 0) is 69.2 Å². The smallest absolute Gasteiger partial charge is 0.0920 e. The summed E-state index contributed by atoms with van der Waals surface area (Å²) in [6.07, 6.45) is 6.81. The number of anilines is 1. The average Bonchev–Trinajstić information content (AvgIpc) is 2.53. The van der Waals surface area contributed by atoms with E-state index in [2.05, 4.69) is 29.8 Å². The van der Waals surface area contributed by atoms with Crippen molar-refractivity contribution in [2.45, 2.75) is 46.5 Å². The van der Waals surface area contributed by atoms with E-state index < -0.39 is 0 Å². The predicted molar refractivity (Wildman–Crippen MR) is 90.5 cm³/mol. The number of rotatable bonds is 1. The minimum Gasteiger partial charge on any atom is -0.371 e. The van der Waals surface area contributed by atoms with E-state index in [0.29, 0.717) is 0 Å². The lowest BCUT2D eigenvalue weighted by molar-refractivity contribution is 0.632. The maximum Gasteiger partial charge on any atom is 0.0920 e. The number of aromatic nitrogens is 2. The van der Waals surface area contributed by atoms with Gasteiger partial charge in [-0.2, -0.15) is 0 Å². The second-order valence-electron chi connectivity index (χ2n) is 6.67. The van der Waals surface area contributed by atoms with Gasteiger partial charge in [0.1, 0.15) is 0 Å². The molecule has 0 bridgehead atoms. The van der Waals surface area contributed by atoms with Crippen LogP contribution in [0.4, 0.5) is 5.69 Å². The van der Waals surface area contributed by atoms with Gasteiger partial charge in [-0.1, -0.05) is 0 Å². The molecule has 1 aromatic carbocycles. The van der Waals surface area contributed by atoms with Crippen molar-refractivity contribution in [3.05, 3.63) is 40.3 Å². The highest BCUT2D eigenvalue weighted by Gasteiger charge is 2.27. The van der Waals surface area contributed by atoms with Crippen molar-refractivity contribution >= 4 is 5.69 Å². The van der Waals surface area contributed by atoms with E-state index in [0.717, 1.165) is 17.1 Å². The molecule has 3 heterocycles. The topological polar surface area (TPSA) is 29.0 Å². The molecule has 0 atom stereocenters. The highest BCUT2D eigenvalue weighted by Crippen LogP contribution is 2.41. The first-order chi connectivity index (χ1) is 10.6. The van der Waals surface area contributed by atoms with Crippen molar-refractivity contribution in [2.75, 3.05) is 18.0 Å². The van der Waals surface area contributed by atoms with Crippen LogP contribution in [0, 0.1) is 20.8 Å². The third kappa shape index (κ3) is 2.03. The maximum absolute atomic E-state index is 4.79. The molecular weight excluding hydrogens is 270 g/mol. The summed E-state index contributed by atoms with van der Waals surface area (Å²) in [6, 6.07) is 2.39. The van der Waals surface area contributed by atoms with E-state index in [1.165, 1.54) is 61.2 Å². The first-order valence-corrected chi connectivity index (χ1v) is 8.36. The summed E-state index contributed by atoms with van der Waals surface area (Å²) in [7, 11) is 0. The van der Waals surface area contributed by atoms with Gasteiger partial charge in [0, 0.05) is 30.5 Å². The minimum atomic E-state index is 0.994. The highest BCUT2D eigenvalue weighted by atomic mass is 15.1. The zero-order chi connectivity index (χ0) is 15.3. The van der Waals surface area contributed by atoms with Crippen LogP contribution < -0.4 is 4.90 Å². The van der Waals surface area contributed by atoms with Gasteiger partial charge in [0.2, 0.25) is 0 Å². The molecule has 1 aromatic heterocycles. The first kappa shape index (κ1) is 13.7. The fraction of sp³-hybridized carbons (Fsp3) is 0.474. The Labute approximate surface area is 132 Å². The minimum absolute atomic E-state index is 0.994. The van der Waals surface area contributed by atoms with Crippen LogP contribution in [0.3, 0.4) is 0 Å². The summed E-state index contributed by atoms with van der Waals surface area (Å²) >= 11 is 0. The number of aryl methyl sites for hydroxylation is 3. The van der Waals surface area contributed by atoms with Crippen molar-refractivity contribution in [1.29, 1.82) is 0 Å². The largest absolute Gasteiger partial charge is 0.371 e. The zero-order valence-electron chi connectivity index (χ0n) is 13.7. The average molecular weight is 293 g/mol. The van der Waals surface area contributed by atoms with Crippen LogP contribution in [0.2, 0.25) is 0 Å². The summed E-state index contributed by atoms with van der Waals surface area (Å²) in [5, 5.41) is 0. The second-order valence-corrected chi connectivity index (χ2v) is 6.67. The quantitative estimate of drug-likeness (QED) is 0.801. The molecule has 0 unspecified atom stereocenters. The van der Waals surface area contributed by atoms with Gasteiger partial charge in [0.15, 0.2) is 0 Å². The van der Waals surface area contributed by atoms with E-state index in [-0.39, 0.29) is 0 Å². The number of benzene rings is 1. The maximum atomic E-state index is 4.79. The third-order valence-electron chi connectivity index (χ3n) is 5.14. The molecule has 2 aliphatic rings. The van der Waals surface area contributed by atoms with E-state index in [4.69, 9.17) is 4.98 Å². The Hall–Kier alpha value is -1.90. The Morgan fingerprint density at radius 3 is 2.64 bits per heavy atom.